The third-order valence-electron chi connectivity index (χ3n) is 1.12. The van der Waals surface area contributed by atoms with Crippen molar-refractivity contribution >= 4 is 8.07 Å². The second-order valence-electron chi connectivity index (χ2n) is 2.75. The van der Waals surface area contributed by atoms with Gasteiger partial charge in [0, 0.05) is 0 Å². The average molecular weight is 138 g/mol. The van der Waals surface area contributed by atoms with Crippen LogP contribution in [0.15, 0.2) is 12.7 Å². The van der Waals surface area contributed by atoms with Crippen LogP contribution in [0, 0.1) is 11.5 Å². The molecule has 0 bridgehead atoms. The van der Waals surface area contributed by atoms with E-state index in [9.17, 15) is 0 Å². The zero-order valence-electron chi connectivity index (χ0n) is 6.49. The standard InChI is InChI=1S/C8H14Si/c1-5-7-9(3,4)8-6-2/h5H,1,7H2,2-4H3. The summed E-state index contributed by atoms with van der Waals surface area (Å²) in [5.41, 5.74) is 3.24. The minimum Gasteiger partial charge on any atom is -0.132 e. The predicted molar refractivity (Wildman–Crippen MR) is 45.9 cm³/mol. The lowest BCUT2D eigenvalue weighted by atomic mass is 10.8. The predicted octanol–water partition coefficient (Wildman–Crippen LogP) is 2.44. The molecule has 1 heteroatoms. The van der Waals surface area contributed by atoms with Crippen LogP contribution in [-0.4, -0.2) is 8.07 Å². The molecule has 0 aromatic heterocycles. The highest BCUT2D eigenvalue weighted by atomic mass is 28.3. The van der Waals surface area contributed by atoms with E-state index in [0.717, 1.165) is 6.04 Å². The summed E-state index contributed by atoms with van der Waals surface area (Å²) in [6, 6.07) is 1.10. The summed E-state index contributed by atoms with van der Waals surface area (Å²) in [6.45, 7) is 10.1. The van der Waals surface area contributed by atoms with E-state index in [4.69, 9.17) is 0 Å². The second kappa shape index (κ2) is 3.52. The first kappa shape index (κ1) is 8.52. The molecule has 0 spiro atoms. The Morgan fingerprint density at radius 1 is 1.56 bits per heavy atom. The second-order valence-corrected chi connectivity index (χ2v) is 7.18. The number of hydrogen-bond donors (Lipinski definition) is 0. The van der Waals surface area contributed by atoms with Crippen LogP contribution in [0.2, 0.25) is 19.1 Å². The van der Waals surface area contributed by atoms with E-state index in [0.29, 0.717) is 0 Å². The Morgan fingerprint density at radius 3 is 2.44 bits per heavy atom. The maximum Gasteiger partial charge on any atom is 0.136 e. The van der Waals surface area contributed by atoms with Crippen molar-refractivity contribution in [1.29, 1.82) is 0 Å². The number of hydrogen-bond acceptors (Lipinski definition) is 0. The Bertz CT molecular complexity index is 146. The summed E-state index contributed by atoms with van der Waals surface area (Å²) >= 11 is 0. The summed E-state index contributed by atoms with van der Waals surface area (Å²) in [7, 11) is -1.18. The molecule has 0 amide bonds. The first-order valence-corrected chi connectivity index (χ1v) is 6.38. The Kier molecular flexibility index (Phi) is 3.34. The SMILES string of the molecule is C=CC[Si](C)(C)C#CC. The molecule has 0 aromatic carbocycles. The minimum atomic E-state index is -1.18. The maximum absolute atomic E-state index is 3.70. The van der Waals surface area contributed by atoms with Gasteiger partial charge in [-0.2, -0.15) is 0 Å². The smallest absolute Gasteiger partial charge is 0.132 e. The molecule has 0 rings (SSSR count). The van der Waals surface area contributed by atoms with Gasteiger partial charge in [-0.3, -0.25) is 0 Å². The lowest BCUT2D eigenvalue weighted by Crippen LogP contribution is -2.21. The van der Waals surface area contributed by atoms with Gasteiger partial charge in [0.15, 0.2) is 0 Å². The lowest BCUT2D eigenvalue weighted by Gasteiger charge is -2.09. The highest BCUT2D eigenvalue weighted by molar-refractivity contribution is 6.85. The van der Waals surface area contributed by atoms with Crippen molar-refractivity contribution in [2.24, 2.45) is 0 Å². The molecule has 0 N–H and O–H groups in total. The van der Waals surface area contributed by atoms with Crippen LogP contribution < -0.4 is 0 Å². The Balaban J connectivity index is 3.95. The summed E-state index contributed by atoms with van der Waals surface area (Å²) in [5, 5.41) is 0. The van der Waals surface area contributed by atoms with Gasteiger partial charge in [-0.25, -0.2) is 0 Å². The van der Waals surface area contributed by atoms with Gasteiger partial charge in [0.05, 0.1) is 0 Å². The average Bonchev–Trinajstić information content (AvgIpc) is 1.64. The Morgan fingerprint density at radius 2 is 2.11 bits per heavy atom. The molecule has 0 radical (unpaired) electrons. The molecule has 0 aliphatic carbocycles. The zero-order chi connectivity index (χ0) is 7.33. The van der Waals surface area contributed by atoms with Crippen molar-refractivity contribution in [2.75, 3.05) is 0 Å². The van der Waals surface area contributed by atoms with Crippen molar-refractivity contribution < 1.29 is 0 Å². The molecular weight excluding hydrogens is 124 g/mol. The first-order valence-electron chi connectivity index (χ1n) is 3.17. The third-order valence-corrected chi connectivity index (χ3v) is 3.35. The highest BCUT2D eigenvalue weighted by Crippen LogP contribution is 2.06. The van der Waals surface area contributed by atoms with E-state index in [1.807, 2.05) is 13.0 Å². The first-order chi connectivity index (χ1) is 4.12. The molecule has 0 unspecified atom stereocenters. The van der Waals surface area contributed by atoms with Crippen LogP contribution in [0.4, 0.5) is 0 Å². The van der Waals surface area contributed by atoms with Crippen molar-refractivity contribution in [1.82, 2.24) is 0 Å². The van der Waals surface area contributed by atoms with E-state index < -0.39 is 8.07 Å². The molecule has 50 valence electrons. The largest absolute Gasteiger partial charge is 0.136 e. The summed E-state index contributed by atoms with van der Waals surface area (Å²) in [5.74, 6) is 2.96. The molecule has 0 aliphatic heterocycles. The van der Waals surface area contributed by atoms with E-state index in [1.54, 1.807) is 0 Å². The van der Waals surface area contributed by atoms with Gasteiger partial charge < -0.3 is 0 Å². The number of allylic oxidation sites excluding steroid dienone is 1. The van der Waals surface area contributed by atoms with Crippen LogP contribution in [0.1, 0.15) is 6.92 Å². The van der Waals surface area contributed by atoms with Crippen LogP contribution in [-0.2, 0) is 0 Å². The Labute approximate surface area is 59.0 Å². The van der Waals surface area contributed by atoms with E-state index in [1.165, 1.54) is 0 Å². The monoisotopic (exact) mass is 138 g/mol. The minimum absolute atomic E-state index is 1.10. The molecule has 0 fully saturated rings. The summed E-state index contributed by atoms with van der Waals surface area (Å²) in [6.07, 6.45) is 1.97. The normalized spacial score (nSPS) is 9.67. The molecular formula is C8H14Si. The van der Waals surface area contributed by atoms with Crippen molar-refractivity contribution in [3.8, 4) is 11.5 Å². The van der Waals surface area contributed by atoms with Gasteiger partial charge in [-0.05, 0) is 13.0 Å². The van der Waals surface area contributed by atoms with Gasteiger partial charge in [-0.1, -0.05) is 19.2 Å². The van der Waals surface area contributed by atoms with Crippen molar-refractivity contribution in [3.05, 3.63) is 12.7 Å². The molecule has 9 heavy (non-hydrogen) atoms. The number of rotatable bonds is 2. The van der Waals surface area contributed by atoms with E-state index in [-0.39, 0.29) is 0 Å². The van der Waals surface area contributed by atoms with Gasteiger partial charge in [-0.15, -0.1) is 18.0 Å². The fourth-order valence-corrected chi connectivity index (χ4v) is 2.25. The highest BCUT2D eigenvalue weighted by Gasteiger charge is 2.14. The summed E-state index contributed by atoms with van der Waals surface area (Å²) < 4.78 is 0. The maximum atomic E-state index is 3.70. The lowest BCUT2D eigenvalue weighted by molar-refractivity contribution is 1.57. The van der Waals surface area contributed by atoms with Gasteiger partial charge in [0.1, 0.15) is 8.07 Å². The molecule has 0 nitrogen and oxygen atoms in total. The molecule has 0 aliphatic rings. The van der Waals surface area contributed by atoms with Crippen molar-refractivity contribution in [3.63, 3.8) is 0 Å². The van der Waals surface area contributed by atoms with Crippen LogP contribution in [0.25, 0.3) is 0 Å². The van der Waals surface area contributed by atoms with E-state index >= 15 is 0 Å². The van der Waals surface area contributed by atoms with Gasteiger partial charge in [0.2, 0.25) is 0 Å². The van der Waals surface area contributed by atoms with Gasteiger partial charge >= 0.3 is 0 Å². The van der Waals surface area contributed by atoms with E-state index in [2.05, 4.69) is 31.1 Å². The molecule has 0 aromatic rings. The zero-order valence-corrected chi connectivity index (χ0v) is 7.49. The van der Waals surface area contributed by atoms with Crippen molar-refractivity contribution in [2.45, 2.75) is 26.1 Å². The van der Waals surface area contributed by atoms with Crippen LogP contribution >= 0.6 is 0 Å². The Hall–Kier alpha value is -0.483. The van der Waals surface area contributed by atoms with Crippen LogP contribution in [0.5, 0.6) is 0 Å². The fourth-order valence-electron chi connectivity index (χ4n) is 0.750. The molecule has 0 saturated carbocycles. The molecule has 0 saturated heterocycles. The quantitative estimate of drug-likeness (QED) is 0.312. The fraction of sp³-hybridized carbons (Fsp3) is 0.500. The van der Waals surface area contributed by atoms with Crippen LogP contribution in [0.3, 0.4) is 0 Å². The summed E-state index contributed by atoms with van der Waals surface area (Å²) in [4.78, 5) is 0. The molecule has 0 atom stereocenters. The third kappa shape index (κ3) is 4.05. The molecule has 0 heterocycles. The topological polar surface area (TPSA) is 0 Å². The van der Waals surface area contributed by atoms with Gasteiger partial charge in [0.25, 0.3) is 0 Å².